The van der Waals surface area contributed by atoms with Crippen molar-refractivity contribution in [2.24, 2.45) is 0 Å². The first-order valence-corrected chi connectivity index (χ1v) is 15.1. The van der Waals surface area contributed by atoms with E-state index in [9.17, 15) is 13.2 Å². The van der Waals surface area contributed by atoms with Gasteiger partial charge in [0.1, 0.15) is 0 Å². The van der Waals surface area contributed by atoms with Gasteiger partial charge in [-0.3, -0.25) is 0 Å². The number of hydrogen-bond acceptors (Lipinski definition) is 5. The summed E-state index contributed by atoms with van der Waals surface area (Å²) in [6, 6.07) is 9.54. The summed E-state index contributed by atoms with van der Waals surface area (Å²) in [4.78, 5) is 17.3. The molecule has 0 radical (unpaired) electrons. The van der Waals surface area contributed by atoms with Crippen molar-refractivity contribution >= 4 is 16.1 Å². The number of piperidine rings is 2. The van der Waals surface area contributed by atoms with E-state index in [0.29, 0.717) is 25.6 Å². The molecule has 2 bridgehead atoms. The first kappa shape index (κ1) is 25.0. The average Bonchev–Trinajstić information content (AvgIpc) is 3.09. The molecule has 4 aliphatic heterocycles. The van der Waals surface area contributed by atoms with Crippen LogP contribution in [-0.4, -0.2) is 78.2 Å². The molecule has 35 heavy (non-hydrogen) atoms. The Balaban J connectivity index is 1.29. The normalized spacial score (nSPS) is 28.9. The van der Waals surface area contributed by atoms with Crippen LogP contribution in [0, 0.1) is 0 Å². The molecule has 1 amide bonds. The molecule has 1 aromatic carbocycles. The lowest BCUT2D eigenvalue weighted by atomic mass is 9.69. The molecule has 3 fully saturated rings. The van der Waals surface area contributed by atoms with E-state index in [1.54, 1.807) is 4.31 Å². The highest BCUT2D eigenvalue weighted by Gasteiger charge is 2.49. The van der Waals surface area contributed by atoms with Gasteiger partial charge in [-0.15, -0.1) is 0 Å². The summed E-state index contributed by atoms with van der Waals surface area (Å²) in [6.07, 6.45) is 6.56. The number of carbonyl (C=O) groups is 1. The van der Waals surface area contributed by atoms with Crippen molar-refractivity contribution in [3.8, 4) is 0 Å². The summed E-state index contributed by atoms with van der Waals surface area (Å²) in [6.45, 7) is 8.82. The Morgan fingerprint density at radius 1 is 1.09 bits per heavy atom. The van der Waals surface area contributed by atoms with E-state index >= 15 is 0 Å². The fraction of sp³-hybridized carbons (Fsp3) is 0.741. The summed E-state index contributed by atoms with van der Waals surface area (Å²) >= 11 is 0. The number of likely N-dealkylation sites (tertiary alicyclic amines) is 1. The Bertz CT molecular complexity index is 1020. The molecule has 0 N–H and O–H groups in total. The number of nitrogens with zero attached hydrogens (tertiary/aromatic N) is 3. The highest BCUT2D eigenvalue weighted by Crippen LogP contribution is 2.45. The Hall–Kier alpha value is -1.64. The van der Waals surface area contributed by atoms with E-state index in [-0.39, 0.29) is 35.4 Å². The minimum atomic E-state index is -3.24. The number of rotatable bonds is 5. The standard InChI is InChI=1S/C27H41N3O4S/c1-4-15-35(32,33)29-18-21-7-5-6-8-25(21)27(19-29)11-13-28(14-12-27)24-16-22-9-10-23(17-24)30(22)26(31)34-20(2)3/h5-8,20,22-24H,4,9-19H2,1-3H3. The second kappa shape index (κ2) is 9.67. The van der Waals surface area contributed by atoms with Crippen molar-refractivity contribution in [1.29, 1.82) is 0 Å². The molecular weight excluding hydrogens is 462 g/mol. The van der Waals surface area contributed by atoms with Crippen LogP contribution in [-0.2, 0) is 26.7 Å². The number of hydrogen-bond donors (Lipinski definition) is 0. The number of fused-ring (bicyclic) bond motifs is 4. The van der Waals surface area contributed by atoms with Crippen LogP contribution < -0.4 is 0 Å². The number of sulfonamides is 1. The van der Waals surface area contributed by atoms with Crippen LogP contribution >= 0.6 is 0 Å². The number of ether oxygens (including phenoxy) is 1. The summed E-state index contributed by atoms with van der Waals surface area (Å²) in [5, 5.41) is 0. The lowest BCUT2D eigenvalue weighted by Gasteiger charge is -2.51. The molecule has 8 heteroatoms. The first-order valence-electron chi connectivity index (χ1n) is 13.5. The SMILES string of the molecule is CCCS(=O)(=O)N1Cc2ccccc2C2(CCN(C3CC4CCC(C3)N4C(=O)OC(C)C)CC2)C1. The van der Waals surface area contributed by atoms with Gasteiger partial charge in [-0.1, -0.05) is 31.2 Å². The molecule has 1 spiro atoms. The highest BCUT2D eigenvalue weighted by atomic mass is 32.2. The molecule has 1 aromatic rings. The zero-order valence-electron chi connectivity index (χ0n) is 21.5. The van der Waals surface area contributed by atoms with E-state index in [1.165, 1.54) is 11.1 Å². The molecule has 2 atom stereocenters. The minimum absolute atomic E-state index is 0.0861. The summed E-state index contributed by atoms with van der Waals surface area (Å²) in [5.41, 5.74) is 2.42. The van der Waals surface area contributed by atoms with Crippen molar-refractivity contribution in [2.45, 2.75) is 102 Å². The molecule has 0 saturated carbocycles. The topological polar surface area (TPSA) is 70.2 Å². The third-order valence-corrected chi connectivity index (χ3v) is 10.8. The Kier molecular flexibility index (Phi) is 6.92. The van der Waals surface area contributed by atoms with Crippen LogP contribution in [0.2, 0.25) is 0 Å². The molecular formula is C27H41N3O4S. The van der Waals surface area contributed by atoms with E-state index in [1.807, 2.05) is 31.7 Å². The van der Waals surface area contributed by atoms with Gasteiger partial charge in [0.15, 0.2) is 0 Å². The van der Waals surface area contributed by atoms with Crippen LogP contribution in [0.1, 0.15) is 76.8 Å². The van der Waals surface area contributed by atoms with Crippen molar-refractivity contribution in [3.05, 3.63) is 35.4 Å². The quantitative estimate of drug-likeness (QED) is 0.605. The zero-order valence-corrected chi connectivity index (χ0v) is 22.3. The molecule has 7 nitrogen and oxygen atoms in total. The molecule has 4 heterocycles. The monoisotopic (exact) mass is 503 g/mol. The molecule has 3 saturated heterocycles. The first-order chi connectivity index (χ1) is 16.7. The smallest absolute Gasteiger partial charge is 0.410 e. The molecule has 5 rings (SSSR count). The van der Waals surface area contributed by atoms with Crippen LogP contribution in [0.3, 0.4) is 0 Å². The number of carbonyl (C=O) groups excluding carboxylic acids is 1. The van der Waals surface area contributed by atoms with Gasteiger partial charge in [-0.25, -0.2) is 13.2 Å². The second-order valence-corrected chi connectivity index (χ2v) is 13.5. The molecule has 4 aliphatic rings. The van der Waals surface area contributed by atoms with Crippen molar-refractivity contribution in [3.63, 3.8) is 0 Å². The summed E-state index contributed by atoms with van der Waals surface area (Å²) in [5.74, 6) is 0.220. The molecule has 0 aliphatic carbocycles. The van der Waals surface area contributed by atoms with E-state index in [2.05, 4.69) is 23.1 Å². The van der Waals surface area contributed by atoms with Gasteiger partial charge in [0.05, 0.1) is 11.9 Å². The molecule has 194 valence electrons. The van der Waals surface area contributed by atoms with Gasteiger partial charge < -0.3 is 14.5 Å². The fourth-order valence-electron chi connectivity index (χ4n) is 7.18. The summed E-state index contributed by atoms with van der Waals surface area (Å²) in [7, 11) is -3.24. The Labute approximate surface area is 210 Å². The Morgan fingerprint density at radius 2 is 1.74 bits per heavy atom. The van der Waals surface area contributed by atoms with E-state index < -0.39 is 10.0 Å². The Morgan fingerprint density at radius 3 is 2.37 bits per heavy atom. The van der Waals surface area contributed by atoms with E-state index in [4.69, 9.17) is 4.74 Å². The van der Waals surface area contributed by atoms with Crippen molar-refractivity contribution in [1.82, 2.24) is 14.1 Å². The average molecular weight is 504 g/mol. The van der Waals surface area contributed by atoms with E-state index in [0.717, 1.165) is 51.6 Å². The van der Waals surface area contributed by atoms with Crippen LogP contribution in [0.15, 0.2) is 24.3 Å². The van der Waals surface area contributed by atoms with Crippen LogP contribution in [0.4, 0.5) is 4.79 Å². The maximum absolute atomic E-state index is 13.0. The van der Waals surface area contributed by atoms with Crippen molar-refractivity contribution in [2.75, 3.05) is 25.4 Å². The zero-order chi connectivity index (χ0) is 24.8. The largest absolute Gasteiger partial charge is 0.447 e. The maximum atomic E-state index is 13.0. The fourth-order valence-corrected chi connectivity index (χ4v) is 8.73. The predicted octanol–water partition coefficient (Wildman–Crippen LogP) is 4.12. The minimum Gasteiger partial charge on any atom is -0.447 e. The molecule has 2 unspecified atom stereocenters. The lowest BCUT2D eigenvalue weighted by molar-refractivity contribution is 0.0144. The van der Waals surface area contributed by atoms with Crippen LogP contribution in [0.25, 0.3) is 0 Å². The van der Waals surface area contributed by atoms with Gasteiger partial charge in [-0.05, 0) is 83.0 Å². The third kappa shape index (κ3) is 4.74. The number of amides is 1. The number of benzene rings is 1. The van der Waals surface area contributed by atoms with Gasteiger partial charge in [0.25, 0.3) is 0 Å². The molecule has 0 aromatic heterocycles. The predicted molar refractivity (Wildman–Crippen MR) is 137 cm³/mol. The van der Waals surface area contributed by atoms with Crippen molar-refractivity contribution < 1.29 is 17.9 Å². The van der Waals surface area contributed by atoms with Crippen LogP contribution in [0.5, 0.6) is 0 Å². The second-order valence-electron chi connectivity index (χ2n) is 11.4. The van der Waals surface area contributed by atoms with Gasteiger partial charge in [-0.2, -0.15) is 4.31 Å². The van der Waals surface area contributed by atoms with Gasteiger partial charge in [0.2, 0.25) is 10.0 Å². The highest BCUT2D eigenvalue weighted by molar-refractivity contribution is 7.89. The van der Waals surface area contributed by atoms with Gasteiger partial charge >= 0.3 is 6.09 Å². The maximum Gasteiger partial charge on any atom is 0.410 e. The summed E-state index contributed by atoms with van der Waals surface area (Å²) < 4.78 is 33.4. The lowest BCUT2D eigenvalue weighted by Crippen LogP contribution is -2.57. The third-order valence-electron chi connectivity index (χ3n) is 8.80. The van der Waals surface area contributed by atoms with Gasteiger partial charge in [0, 0.05) is 36.6 Å².